The van der Waals surface area contributed by atoms with Gasteiger partial charge in [0.2, 0.25) is 5.91 Å². The monoisotopic (exact) mass is 365 g/mol. The molecule has 0 bridgehead atoms. The van der Waals surface area contributed by atoms with Crippen LogP contribution in [0.5, 0.6) is 0 Å². The van der Waals surface area contributed by atoms with E-state index in [0.29, 0.717) is 0 Å². The Hall–Kier alpha value is -2.66. The lowest BCUT2D eigenvalue weighted by molar-refractivity contribution is -0.255. The number of benzene rings is 2. The summed E-state index contributed by atoms with van der Waals surface area (Å²) in [7, 11) is 0. The Labute approximate surface area is 160 Å². The molecule has 1 heterocycles. The van der Waals surface area contributed by atoms with E-state index in [9.17, 15) is 14.7 Å². The highest BCUT2D eigenvalue weighted by Crippen LogP contribution is 2.22. The molecule has 0 aromatic heterocycles. The van der Waals surface area contributed by atoms with Gasteiger partial charge in [-0.1, -0.05) is 54.1 Å². The standard InChI is InChI=1S/C22H26N2O3/c1-15-5-3-6-17(13-15)14-24-12-4-7-20(24)21(25)23-16(2)18-8-10-19(11-9-18)22(26)27/h3,5-6,8-11,13,16,20H,4,7,12,14H2,1-2H3,(H,23,25)(H,26,27)/p-1/t16-,20+/m0/s1. The third-order valence-corrected chi connectivity index (χ3v) is 5.14. The van der Waals surface area contributed by atoms with Crippen LogP contribution < -0.4 is 10.4 Å². The molecule has 1 N–H and O–H groups in total. The zero-order valence-corrected chi connectivity index (χ0v) is 15.8. The van der Waals surface area contributed by atoms with Crippen LogP contribution in [0.2, 0.25) is 0 Å². The van der Waals surface area contributed by atoms with Crippen molar-refractivity contribution < 1.29 is 14.7 Å². The fraction of sp³-hybridized carbons (Fsp3) is 0.364. The molecule has 5 heteroatoms. The number of nitrogens with zero attached hydrogens (tertiary/aromatic N) is 1. The third kappa shape index (κ3) is 4.74. The summed E-state index contributed by atoms with van der Waals surface area (Å²) >= 11 is 0. The zero-order valence-electron chi connectivity index (χ0n) is 15.8. The van der Waals surface area contributed by atoms with Crippen molar-refractivity contribution in [2.24, 2.45) is 0 Å². The van der Waals surface area contributed by atoms with Crippen LogP contribution in [0.3, 0.4) is 0 Å². The number of hydrogen-bond acceptors (Lipinski definition) is 4. The van der Waals surface area contributed by atoms with Gasteiger partial charge >= 0.3 is 0 Å². The van der Waals surface area contributed by atoms with E-state index in [0.717, 1.165) is 31.5 Å². The minimum Gasteiger partial charge on any atom is -0.545 e. The molecule has 5 nitrogen and oxygen atoms in total. The fourth-order valence-electron chi connectivity index (χ4n) is 3.66. The Morgan fingerprint density at radius 2 is 1.96 bits per heavy atom. The molecular weight excluding hydrogens is 340 g/mol. The number of carboxylic acid groups (broad SMARTS) is 1. The Bertz CT molecular complexity index is 817. The molecule has 1 saturated heterocycles. The molecule has 2 aromatic rings. The average Bonchev–Trinajstić information content (AvgIpc) is 3.10. The number of likely N-dealkylation sites (tertiary alicyclic amines) is 1. The highest BCUT2D eigenvalue weighted by Gasteiger charge is 2.31. The second kappa shape index (κ2) is 8.35. The second-order valence-corrected chi connectivity index (χ2v) is 7.26. The van der Waals surface area contributed by atoms with Gasteiger partial charge in [0, 0.05) is 6.54 Å². The molecule has 1 amide bonds. The number of aryl methyl sites for hydroxylation is 1. The van der Waals surface area contributed by atoms with Gasteiger partial charge in [-0.05, 0) is 49.9 Å². The van der Waals surface area contributed by atoms with Gasteiger partial charge in [0.25, 0.3) is 0 Å². The third-order valence-electron chi connectivity index (χ3n) is 5.14. The van der Waals surface area contributed by atoms with Gasteiger partial charge in [0.15, 0.2) is 0 Å². The zero-order chi connectivity index (χ0) is 19.4. The molecule has 0 spiro atoms. The number of amides is 1. The van der Waals surface area contributed by atoms with Crippen molar-refractivity contribution in [2.45, 2.75) is 45.3 Å². The first-order valence-electron chi connectivity index (χ1n) is 9.35. The minimum atomic E-state index is -1.20. The van der Waals surface area contributed by atoms with Crippen LogP contribution in [0.15, 0.2) is 48.5 Å². The Morgan fingerprint density at radius 1 is 1.22 bits per heavy atom. The number of carboxylic acids is 1. The summed E-state index contributed by atoms with van der Waals surface area (Å²) in [6, 6.07) is 14.5. The van der Waals surface area contributed by atoms with Crippen molar-refractivity contribution in [3.8, 4) is 0 Å². The van der Waals surface area contributed by atoms with E-state index >= 15 is 0 Å². The maximum atomic E-state index is 12.8. The Morgan fingerprint density at radius 3 is 2.63 bits per heavy atom. The van der Waals surface area contributed by atoms with Gasteiger partial charge in [-0.3, -0.25) is 9.69 Å². The first-order valence-corrected chi connectivity index (χ1v) is 9.35. The van der Waals surface area contributed by atoms with Crippen molar-refractivity contribution in [2.75, 3.05) is 6.54 Å². The van der Waals surface area contributed by atoms with E-state index < -0.39 is 5.97 Å². The van der Waals surface area contributed by atoms with Gasteiger partial charge in [-0.2, -0.15) is 0 Å². The van der Waals surface area contributed by atoms with Crippen LogP contribution in [-0.4, -0.2) is 29.4 Å². The van der Waals surface area contributed by atoms with Crippen LogP contribution in [0, 0.1) is 6.92 Å². The first kappa shape index (κ1) is 19.1. The summed E-state index contributed by atoms with van der Waals surface area (Å²) in [5, 5.41) is 13.9. The van der Waals surface area contributed by atoms with E-state index in [1.54, 1.807) is 12.1 Å². The van der Waals surface area contributed by atoms with Crippen molar-refractivity contribution in [3.05, 3.63) is 70.8 Å². The predicted molar refractivity (Wildman–Crippen MR) is 102 cm³/mol. The van der Waals surface area contributed by atoms with Gasteiger partial charge in [-0.15, -0.1) is 0 Å². The van der Waals surface area contributed by atoms with Crippen LogP contribution >= 0.6 is 0 Å². The van der Waals surface area contributed by atoms with Crippen molar-refractivity contribution >= 4 is 11.9 Å². The summed E-state index contributed by atoms with van der Waals surface area (Å²) in [5.41, 5.74) is 3.45. The molecule has 142 valence electrons. The molecular formula is C22H25N2O3-. The van der Waals surface area contributed by atoms with Crippen LogP contribution in [-0.2, 0) is 11.3 Å². The molecule has 27 heavy (non-hydrogen) atoms. The maximum absolute atomic E-state index is 12.8. The van der Waals surface area contributed by atoms with E-state index in [2.05, 4.69) is 35.3 Å². The lowest BCUT2D eigenvalue weighted by Crippen LogP contribution is -2.43. The Kier molecular flexibility index (Phi) is 5.91. The first-order chi connectivity index (χ1) is 12.9. The topological polar surface area (TPSA) is 72.5 Å². The maximum Gasteiger partial charge on any atom is 0.237 e. The highest BCUT2D eigenvalue weighted by molar-refractivity contribution is 5.86. The van der Waals surface area contributed by atoms with E-state index in [1.807, 2.05) is 13.0 Å². The van der Waals surface area contributed by atoms with Gasteiger partial charge in [0.05, 0.1) is 18.1 Å². The van der Waals surface area contributed by atoms with Crippen molar-refractivity contribution in [3.63, 3.8) is 0 Å². The predicted octanol–water partition coefficient (Wildman–Crippen LogP) is 2.20. The molecule has 0 aliphatic carbocycles. The Balaban J connectivity index is 1.62. The number of nitrogens with one attached hydrogen (secondary N) is 1. The lowest BCUT2D eigenvalue weighted by Gasteiger charge is -2.25. The van der Waals surface area contributed by atoms with E-state index in [4.69, 9.17) is 0 Å². The van der Waals surface area contributed by atoms with Crippen LogP contribution in [0.4, 0.5) is 0 Å². The molecule has 0 radical (unpaired) electrons. The minimum absolute atomic E-state index is 0.0247. The number of rotatable bonds is 6. The SMILES string of the molecule is Cc1cccc(CN2CCC[C@@H]2C(=O)N[C@@H](C)c2ccc(C(=O)[O-])cc2)c1. The summed E-state index contributed by atoms with van der Waals surface area (Å²) in [6.07, 6.45) is 1.87. The number of hydrogen-bond donors (Lipinski definition) is 1. The molecule has 0 unspecified atom stereocenters. The van der Waals surface area contributed by atoms with Gasteiger partial charge in [0.1, 0.15) is 0 Å². The smallest absolute Gasteiger partial charge is 0.237 e. The molecule has 2 atom stereocenters. The van der Waals surface area contributed by atoms with Crippen LogP contribution in [0.25, 0.3) is 0 Å². The van der Waals surface area contributed by atoms with E-state index in [1.165, 1.54) is 23.3 Å². The summed E-state index contributed by atoms with van der Waals surface area (Å²) < 4.78 is 0. The summed E-state index contributed by atoms with van der Waals surface area (Å²) in [4.78, 5) is 25.9. The van der Waals surface area contributed by atoms with Crippen molar-refractivity contribution in [1.29, 1.82) is 0 Å². The number of carbonyl (C=O) groups is 2. The molecule has 2 aromatic carbocycles. The molecule has 1 aliphatic rings. The largest absolute Gasteiger partial charge is 0.545 e. The number of aromatic carboxylic acids is 1. The summed E-state index contributed by atoms with van der Waals surface area (Å²) in [6.45, 7) is 5.67. The average molecular weight is 365 g/mol. The quantitative estimate of drug-likeness (QED) is 0.852. The lowest BCUT2D eigenvalue weighted by atomic mass is 10.1. The highest BCUT2D eigenvalue weighted by atomic mass is 16.4. The molecule has 3 rings (SSSR count). The van der Waals surface area contributed by atoms with Crippen molar-refractivity contribution in [1.82, 2.24) is 10.2 Å². The van der Waals surface area contributed by atoms with Crippen LogP contribution in [0.1, 0.15) is 52.9 Å². The number of carbonyl (C=O) groups excluding carboxylic acids is 2. The normalized spacial score (nSPS) is 18.2. The van der Waals surface area contributed by atoms with Gasteiger partial charge < -0.3 is 15.2 Å². The second-order valence-electron chi connectivity index (χ2n) is 7.26. The summed E-state index contributed by atoms with van der Waals surface area (Å²) in [5.74, 6) is -1.17. The molecule has 1 aliphatic heterocycles. The van der Waals surface area contributed by atoms with Gasteiger partial charge in [-0.25, -0.2) is 0 Å². The van der Waals surface area contributed by atoms with E-state index in [-0.39, 0.29) is 23.6 Å². The molecule has 1 fully saturated rings. The molecule has 0 saturated carbocycles. The fourth-order valence-corrected chi connectivity index (χ4v) is 3.66.